The Hall–Kier alpha value is -1.29. The van der Waals surface area contributed by atoms with E-state index in [4.69, 9.17) is 24.4 Å². The van der Waals surface area contributed by atoms with E-state index in [-0.39, 0.29) is 26.0 Å². The third-order valence-electron chi connectivity index (χ3n) is 8.81. The number of hydrogen-bond donors (Lipinski definition) is 4. The zero-order chi connectivity index (χ0) is 39.9. The number of aromatic nitrogens is 2. The minimum atomic E-state index is -3.65. The molecule has 0 spiro atoms. The van der Waals surface area contributed by atoms with Crippen LogP contribution in [0.15, 0.2) is 21.9 Å². The Morgan fingerprint density at radius 1 is 0.788 bits per heavy atom. The van der Waals surface area contributed by atoms with Crippen LogP contribution in [0.1, 0.15) is 211 Å². The highest BCUT2D eigenvalue weighted by Gasteiger charge is 2.27. The molecule has 1 aliphatic rings. The van der Waals surface area contributed by atoms with E-state index in [1.54, 1.807) is 0 Å². The lowest BCUT2D eigenvalue weighted by atomic mass is 10.0. The van der Waals surface area contributed by atoms with Gasteiger partial charge in [-0.15, -0.1) is 0 Å². The molecule has 1 aliphatic heterocycles. The summed E-state index contributed by atoms with van der Waals surface area (Å²) in [5.74, 6) is 0. The largest absolute Gasteiger partial charge is 0.396 e. The van der Waals surface area contributed by atoms with Crippen molar-refractivity contribution in [1.82, 2.24) is 9.55 Å². The average Bonchev–Trinajstić information content (AvgIpc) is 3.62. The van der Waals surface area contributed by atoms with Crippen LogP contribution in [0.25, 0.3) is 0 Å². The van der Waals surface area contributed by atoms with E-state index in [1.807, 2.05) is 34.6 Å². The number of aromatic amines is 1. The van der Waals surface area contributed by atoms with Crippen molar-refractivity contribution in [1.29, 1.82) is 0 Å². The monoisotopic (exact) mass is 767 g/mol. The number of aliphatic hydroxyl groups excluding tert-OH is 1. The molecular formula is C41H87N2O8P. The summed E-state index contributed by atoms with van der Waals surface area (Å²) in [5.41, 5.74) is -0.822. The summed E-state index contributed by atoms with van der Waals surface area (Å²) in [4.78, 5) is 40.8. The molecule has 10 nitrogen and oxygen atoms in total. The van der Waals surface area contributed by atoms with Gasteiger partial charge in [0.1, 0.15) is 6.23 Å². The lowest BCUT2D eigenvalue weighted by Crippen LogP contribution is -2.32. The van der Waals surface area contributed by atoms with Crippen molar-refractivity contribution in [3.63, 3.8) is 0 Å². The van der Waals surface area contributed by atoms with E-state index < -0.39 is 18.8 Å². The second kappa shape index (κ2) is 40.9. The molecule has 0 saturated carbocycles. The van der Waals surface area contributed by atoms with Gasteiger partial charge < -0.3 is 24.4 Å². The lowest BCUT2D eigenvalue weighted by molar-refractivity contribution is -0.0588. The fourth-order valence-corrected chi connectivity index (χ4v) is 5.42. The molecule has 11 heteroatoms. The van der Waals surface area contributed by atoms with E-state index >= 15 is 0 Å². The van der Waals surface area contributed by atoms with Gasteiger partial charge in [-0.05, 0) is 32.6 Å². The number of H-pyrrole nitrogens is 1. The van der Waals surface area contributed by atoms with Crippen LogP contribution in [-0.2, 0) is 14.0 Å². The molecule has 2 rings (SSSR count). The van der Waals surface area contributed by atoms with Crippen LogP contribution in [0.4, 0.5) is 0 Å². The molecule has 0 amide bonds. The minimum Gasteiger partial charge on any atom is -0.396 e. The van der Waals surface area contributed by atoms with E-state index in [0.29, 0.717) is 13.2 Å². The molecule has 0 bridgehead atoms. The first-order valence-electron chi connectivity index (χ1n) is 21.3. The molecule has 2 heterocycles. The molecule has 0 aromatic carbocycles. The standard InChI is InChI=1S/C22H46O.C13H20N2O4.C2H7O3P.2C2H6.H2/c1-2-3-4-5-6-7-8-9-10-11-12-13-14-15-16-17-18-19-20-21-22-23;1-3-9(2)18-8-10-4-5-12(19-10)15-7-6-11(16)14-13(15)17;1-2-6(3,4)5;2*1-2;/h23H,2-22H2,1H3;6-7,9-10,12H,3-5,8H2,1-2H3,(H,14,16,17);2H2,1H3,(H2,3,4,5);2*1-2H3;1H/t;9?,10-,12+;;;;/m.0..../s1. The summed E-state index contributed by atoms with van der Waals surface area (Å²) in [6.45, 7) is 16.8. The molecule has 0 aliphatic carbocycles. The first-order chi connectivity index (χ1) is 25.1. The van der Waals surface area contributed by atoms with Crippen LogP contribution in [-0.4, -0.2) is 56.0 Å². The van der Waals surface area contributed by atoms with Crippen LogP contribution in [0.2, 0.25) is 0 Å². The molecule has 1 aromatic rings. The lowest BCUT2D eigenvalue weighted by Gasteiger charge is -2.17. The first-order valence-corrected chi connectivity index (χ1v) is 23.1. The summed E-state index contributed by atoms with van der Waals surface area (Å²) in [5, 5.41) is 8.71. The van der Waals surface area contributed by atoms with Gasteiger partial charge in [-0.3, -0.25) is 18.9 Å². The van der Waals surface area contributed by atoms with Gasteiger partial charge in [0.2, 0.25) is 0 Å². The molecule has 4 N–H and O–H groups in total. The van der Waals surface area contributed by atoms with Crippen LogP contribution in [0.5, 0.6) is 0 Å². The van der Waals surface area contributed by atoms with Crippen molar-refractivity contribution in [2.75, 3.05) is 19.4 Å². The third kappa shape index (κ3) is 37.0. The predicted octanol–water partition coefficient (Wildman–Crippen LogP) is 11.3. The predicted molar refractivity (Wildman–Crippen MR) is 223 cm³/mol. The van der Waals surface area contributed by atoms with Crippen LogP contribution in [0, 0.1) is 0 Å². The van der Waals surface area contributed by atoms with E-state index in [0.717, 1.165) is 25.7 Å². The fourth-order valence-electron chi connectivity index (χ4n) is 5.42. The van der Waals surface area contributed by atoms with Crippen LogP contribution in [0.3, 0.4) is 0 Å². The Balaban J connectivity index is -0.000000359. The van der Waals surface area contributed by atoms with Crippen LogP contribution >= 0.6 is 7.60 Å². The SMILES string of the molecule is CC.CC.CCC(C)OC[C@@H]1CC[C@H](n2ccc(=O)[nH]c2=O)O1.CCCCCCCCCCCCCCCCCCCCCCO.CCP(=O)(O)O.[HH]. The van der Waals surface area contributed by atoms with Crippen molar-refractivity contribution in [3.8, 4) is 0 Å². The molecule has 3 atom stereocenters. The molecule has 1 aromatic heterocycles. The molecule has 1 fully saturated rings. The summed E-state index contributed by atoms with van der Waals surface area (Å²) < 4.78 is 22.5. The molecule has 52 heavy (non-hydrogen) atoms. The Labute approximate surface area is 320 Å². The first kappa shape index (κ1) is 55.1. The molecular weight excluding hydrogens is 679 g/mol. The highest BCUT2D eigenvalue weighted by atomic mass is 31.2. The number of ether oxygens (including phenoxy) is 2. The zero-order valence-corrected chi connectivity index (χ0v) is 35.9. The van der Waals surface area contributed by atoms with Gasteiger partial charge in [-0.1, -0.05) is 170 Å². The summed E-state index contributed by atoms with van der Waals surface area (Å²) in [6.07, 6.45) is 32.0. The normalized spacial score (nSPS) is 15.5. The maximum Gasteiger partial charge on any atom is 0.330 e. The van der Waals surface area contributed by atoms with Crippen molar-refractivity contribution < 1.29 is 30.4 Å². The molecule has 1 unspecified atom stereocenters. The average molecular weight is 767 g/mol. The van der Waals surface area contributed by atoms with Gasteiger partial charge in [0.25, 0.3) is 5.56 Å². The van der Waals surface area contributed by atoms with E-state index in [2.05, 4.69) is 18.8 Å². The zero-order valence-electron chi connectivity index (χ0n) is 35.0. The number of aliphatic hydroxyl groups is 1. The second-order valence-electron chi connectivity index (χ2n) is 13.3. The third-order valence-corrected chi connectivity index (χ3v) is 9.64. The van der Waals surface area contributed by atoms with E-state index in [9.17, 15) is 14.2 Å². The summed E-state index contributed by atoms with van der Waals surface area (Å²) in [7, 11) is -3.65. The molecule has 314 valence electrons. The van der Waals surface area contributed by atoms with Gasteiger partial charge >= 0.3 is 13.3 Å². The number of hydrogen-bond acceptors (Lipinski definition) is 6. The summed E-state index contributed by atoms with van der Waals surface area (Å²) in [6, 6.07) is 1.33. The Morgan fingerprint density at radius 3 is 1.54 bits per heavy atom. The molecule has 1 saturated heterocycles. The molecule has 0 radical (unpaired) electrons. The quantitative estimate of drug-likeness (QED) is 0.0537. The van der Waals surface area contributed by atoms with Crippen molar-refractivity contribution >= 4 is 7.60 Å². The Morgan fingerprint density at radius 2 is 1.19 bits per heavy atom. The second-order valence-corrected chi connectivity index (χ2v) is 15.2. The van der Waals surface area contributed by atoms with Crippen molar-refractivity contribution in [2.45, 2.75) is 222 Å². The maximum absolute atomic E-state index is 11.6. The van der Waals surface area contributed by atoms with Crippen LogP contribution < -0.4 is 11.2 Å². The van der Waals surface area contributed by atoms with Crippen molar-refractivity contribution in [3.05, 3.63) is 33.1 Å². The topological polar surface area (TPSA) is 151 Å². The van der Waals surface area contributed by atoms with Gasteiger partial charge in [-0.2, -0.15) is 0 Å². The van der Waals surface area contributed by atoms with Gasteiger partial charge in [0, 0.05) is 26.5 Å². The fraction of sp³-hybridized carbons (Fsp3) is 0.902. The summed E-state index contributed by atoms with van der Waals surface area (Å²) >= 11 is 0. The van der Waals surface area contributed by atoms with Gasteiger partial charge in [0.05, 0.1) is 18.8 Å². The van der Waals surface area contributed by atoms with Gasteiger partial charge in [-0.25, -0.2) is 4.79 Å². The minimum absolute atomic E-state index is 0. The van der Waals surface area contributed by atoms with Crippen molar-refractivity contribution in [2.24, 2.45) is 0 Å². The number of unbranched alkanes of at least 4 members (excludes halogenated alkanes) is 19. The number of rotatable bonds is 26. The Bertz CT molecular complexity index is 1000. The Kier molecular flexibility index (Phi) is 43.3. The smallest absolute Gasteiger partial charge is 0.330 e. The van der Waals surface area contributed by atoms with E-state index in [1.165, 1.54) is 146 Å². The highest BCUT2D eigenvalue weighted by Crippen LogP contribution is 2.32. The number of nitrogens with zero attached hydrogens (tertiary/aromatic N) is 1. The highest BCUT2D eigenvalue weighted by molar-refractivity contribution is 7.51. The number of nitrogens with one attached hydrogen (secondary N) is 1. The maximum atomic E-state index is 11.6. The van der Waals surface area contributed by atoms with Gasteiger partial charge in [0.15, 0.2) is 0 Å².